The van der Waals surface area contributed by atoms with E-state index < -0.39 is 9.84 Å². The summed E-state index contributed by atoms with van der Waals surface area (Å²) < 4.78 is 22.3. The van der Waals surface area contributed by atoms with Gasteiger partial charge in [-0.2, -0.15) is 0 Å². The van der Waals surface area contributed by atoms with Crippen LogP contribution in [0.4, 0.5) is 0 Å². The molecule has 5 heteroatoms. The third-order valence-electron chi connectivity index (χ3n) is 1.19. The quantitative estimate of drug-likeness (QED) is 0.669. The fourth-order valence-electron chi connectivity index (χ4n) is 0.652. The van der Waals surface area contributed by atoms with Gasteiger partial charge in [0.05, 0.1) is 5.75 Å². The molecule has 72 valence electrons. The molecule has 2 N–H and O–H groups in total. The van der Waals surface area contributed by atoms with Crippen molar-refractivity contribution in [3.8, 4) is 0 Å². The van der Waals surface area contributed by atoms with Crippen LogP contribution in [-0.2, 0) is 9.84 Å². The van der Waals surface area contributed by atoms with Gasteiger partial charge in [0.2, 0.25) is 0 Å². The van der Waals surface area contributed by atoms with Crippen molar-refractivity contribution in [1.82, 2.24) is 4.90 Å². The molecule has 0 aliphatic rings. The van der Waals surface area contributed by atoms with Gasteiger partial charge >= 0.3 is 0 Å². The molecule has 0 fully saturated rings. The van der Waals surface area contributed by atoms with Crippen molar-refractivity contribution in [2.75, 3.05) is 26.4 Å². The molecule has 0 aromatic rings. The maximum absolute atomic E-state index is 11.2. The zero-order valence-corrected chi connectivity index (χ0v) is 8.56. The van der Waals surface area contributed by atoms with Gasteiger partial charge in [-0.25, -0.2) is 8.42 Å². The molecule has 0 aromatic carbocycles. The minimum atomic E-state index is -3.10. The van der Waals surface area contributed by atoms with Gasteiger partial charge in [-0.3, -0.25) is 0 Å². The van der Waals surface area contributed by atoms with Crippen LogP contribution in [0.5, 0.6) is 0 Å². The first-order chi connectivity index (χ1) is 5.33. The van der Waals surface area contributed by atoms with Crippen molar-refractivity contribution in [3.63, 3.8) is 0 Å². The molecule has 0 aliphatic heterocycles. The predicted octanol–water partition coefficient (Wildman–Crippen LogP) is -0.217. The van der Waals surface area contributed by atoms with Crippen LogP contribution in [0.3, 0.4) is 0 Å². The number of nitrogens with two attached hydrogens (primary N) is 1. The van der Waals surface area contributed by atoms with Crippen molar-refractivity contribution >= 4 is 9.84 Å². The number of nitrogens with zero attached hydrogens (tertiary/aromatic N) is 1. The molecule has 0 spiro atoms. The average Bonchev–Trinajstić information content (AvgIpc) is 1.81. The summed E-state index contributed by atoms with van der Waals surface area (Å²) in [6, 6.07) is 0. The van der Waals surface area contributed by atoms with Crippen LogP contribution in [-0.4, -0.2) is 39.7 Å². The number of rotatable bonds is 4. The fourth-order valence-corrected chi connectivity index (χ4v) is 1.96. The number of sulfone groups is 1. The van der Waals surface area contributed by atoms with Crippen LogP contribution >= 0.6 is 0 Å². The van der Waals surface area contributed by atoms with E-state index in [0.29, 0.717) is 12.2 Å². The van der Waals surface area contributed by atoms with E-state index in [-0.39, 0.29) is 5.75 Å². The first kappa shape index (κ1) is 11.4. The van der Waals surface area contributed by atoms with E-state index in [9.17, 15) is 8.42 Å². The smallest absolute Gasteiger partial charge is 0.174 e. The molecule has 0 radical (unpaired) electrons. The summed E-state index contributed by atoms with van der Waals surface area (Å²) in [5.41, 5.74) is 5.58. The standard InChI is InChI=1S/C7H16N2O2S/c1-7(8)6-12(10,11)5-4-9(2)3/h6H,4-5,8H2,1-3H3/b7-6+. The van der Waals surface area contributed by atoms with Crippen LogP contribution < -0.4 is 5.73 Å². The molecule has 0 amide bonds. The summed E-state index contributed by atoms with van der Waals surface area (Å²) in [7, 11) is 0.551. The molecule has 0 heterocycles. The average molecular weight is 192 g/mol. The zero-order valence-electron chi connectivity index (χ0n) is 7.74. The highest BCUT2D eigenvalue weighted by molar-refractivity contribution is 7.94. The molecule has 0 saturated carbocycles. The van der Waals surface area contributed by atoms with Gasteiger partial charge in [0.15, 0.2) is 9.84 Å². The van der Waals surface area contributed by atoms with Crippen LogP contribution in [0.25, 0.3) is 0 Å². The second kappa shape index (κ2) is 4.47. The second-order valence-corrected chi connectivity index (χ2v) is 5.00. The molecule has 12 heavy (non-hydrogen) atoms. The molecule has 0 atom stereocenters. The number of hydrogen-bond donors (Lipinski definition) is 1. The molecule has 0 aromatic heterocycles. The van der Waals surface area contributed by atoms with Crippen LogP contribution in [0.1, 0.15) is 6.92 Å². The van der Waals surface area contributed by atoms with E-state index >= 15 is 0 Å². The third kappa shape index (κ3) is 6.18. The number of hydrogen-bond acceptors (Lipinski definition) is 4. The van der Waals surface area contributed by atoms with Crippen molar-refractivity contribution in [3.05, 3.63) is 11.1 Å². The molecular formula is C7H16N2O2S. The van der Waals surface area contributed by atoms with Gasteiger partial charge in [0, 0.05) is 17.6 Å². The Labute approximate surface area is 74.0 Å². The van der Waals surface area contributed by atoms with Crippen molar-refractivity contribution < 1.29 is 8.42 Å². The normalized spacial score (nSPS) is 13.8. The molecule has 0 rings (SSSR count). The van der Waals surface area contributed by atoms with E-state index in [1.807, 2.05) is 19.0 Å². The molecule has 0 aliphatic carbocycles. The first-order valence-electron chi connectivity index (χ1n) is 3.65. The fraction of sp³-hybridized carbons (Fsp3) is 0.714. The lowest BCUT2D eigenvalue weighted by Crippen LogP contribution is -2.21. The second-order valence-electron chi connectivity index (χ2n) is 3.03. The van der Waals surface area contributed by atoms with Gasteiger partial charge in [-0.1, -0.05) is 0 Å². The molecular weight excluding hydrogens is 176 g/mol. The SMILES string of the molecule is C/C(N)=C\S(=O)(=O)CCN(C)C. The van der Waals surface area contributed by atoms with Gasteiger partial charge < -0.3 is 10.6 Å². The molecule has 4 nitrogen and oxygen atoms in total. The summed E-state index contributed by atoms with van der Waals surface area (Å²) in [4.78, 5) is 1.82. The predicted molar refractivity (Wildman–Crippen MR) is 50.3 cm³/mol. The third-order valence-corrected chi connectivity index (χ3v) is 2.67. The van der Waals surface area contributed by atoms with Crippen LogP contribution in [0.15, 0.2) is 11.1 Å². The monoisotopic (exact) mass is 192 g/mol. The maximum atomic E-state index is 11.2. The Hall–Kier alpha value is -0.550. The Bertz CT molecular complexity index is 251. The summed E-state index contributed by atoms with van der Waals surface area (Å²) in [6.07, 6.45) is 0. The van der Waals surface area contributed by atoms with E-state index in [1.54, 1.807) is 6.92 Å². The van der Waals surface area contributed by atoms with E-state index in [4.69, 9.17) is 5.73 Å². The van der Waals surface area contributed by atoms with Gasteiger partial charge in [0.25, 0.3) is 0 Å². The van der Waals surface area contributed by atoms with Gasteiger partial charge in [-0.15, -0.1) is 0 Å². The van der Waals surface area contributed by atoms with Gasteiger partial charge in [0.1, 0.15) is 0 Å². The van der Waals surface area contributed by atoms with E-state index in [0.717, 1.165) is 5.41 Å². The lowest BCUT2D eigenvalue weighted by molar-refractivity contribution is 0.433. The Kier molecular flexibility index (Phi) is 4.26. The maximum Gasteiger partial charge on any atom is 0.174 e. The minimum absolute atomic E-state index is 0.120. The van der Waals surface area contributed by atoms with Gasteiger partial charge in [-0.05, 0) is 21.0 Å². The minimum Gasteiger partial charge on any atom is -0.402 e. The lowest BCUT2D eigenvalue weighted by atomic mass is 10.6. The van der Waals surface area contributed by atoms with E-state index in [1.165, 1.54) is 0 Å². The Balaban J connectivity index is 4.17. The van der Waals surface area contributed by atoms with E-state index in [2.05, 4.69) is 0 Å². The zero-order chi connectivity index (χ0) is 9.78. The summed E-state index contributed by atoms with van der Waals surface area (Å²) in [6.45, 7) is 2.08. The Morgan fingerprint density at radius 3 is 2.33 bits per heavy atom. The summed E-state index contributed by atoms with van der Waals surface area (Å²) in [5, 5.41) is 1.11. The van der Waals surface area contributed by atoms with Crippen molar-refractivity contribution in [2.45, 2.75) is 6.92 Å². The Morgan fingerprint density at radius 1 is 1.50 bits per heavy atom. The Morgan fingerprint density at radius 2 is 2.00 bits per heavy atom. The highest BCUT2D eigenvalue weighted by Gasteiger charge is 2.06. The summed E-state index contributed by atoms with van der Waals surface area (Å²) in [5.74, 6) is 0.120. The lowest BCUT2D eigenvalue weighted by Gasteiger charge is -2.07. The van der Waals surface area contributed by atoms with Crippen molar-refractivity contribution in [1.29, 1.82) is 0 Å². The van der Waals surface area contributed by atoms with Crippen LogP contribution in [0, 0.1) is 0 Å². The topological polar surface area (TPSA) is 63.4 Å². The van der Waals surface area contributed by atoms with Crippen LogP contribution in [0.2, 0.25) is 0 Å². The highest BCUT2D eigenvalue weighted by atomic mass is 32.2. The molecule has 0 saturated heterocycles. The summed E-state index contributed by atoms with van der Waals surface area (Å²) >= 11 is 0. The molecule has 0 bridgehead atoms. The highest BCUT2D eigenvalue weighted by Crippen LogP contribution is 1.95. The molecule has 0 unspecified atom stereocenters. The number of allylic oxidation sites excluding steroid dienone is 1. The largest absolute Gasteiger partial charge is 0.402 e. The first-order valence-corrected chi connectivity index (χ1v) is 5.36. The van der Waals surface area contributed by atoms with Crippen molar-refractivity contribution in [2.24, 2.45) is 5.73 Å².